The van der Waals surface area contributed by atoms with Gasteiger partial charge in [0.15, 0.2) is 17.7 Å². The van der Waals surface area contributed by atoms with Gasteiger partial charge >= 0.3 is 11.9 Å². The van der Waals surface area contributed by atoms with Crippen LogP contribution in [-0.2, 0) is 19.1 Å². The molecule has 3 aliphatic heterocycles. The Bertz CT molecular complexity index is 567. The summed E-state index contributed by atoms with van der Waals surface area (Å²) in [4.78, 5) is 26.0. The first-order valence-corrected chi connectivity index (χ1v) is 8.02. The Morgan fingerprint density at radius 1 is 1.30 bits per heavy atom. The van der Waals surface area contributed by atoms with E-state index in [0.29, 0.717) is 0 Å². The second-order valence-corrected chi connectivity index (χ2v) is 7.15. The van der Waals surface area contributed by atoms with Crippen molar-refractivity contribution in [1.82, 2.24) is 0 Å². The average molecular weight is 326 g/mol. The third-order valence-electron chi connectivity index (χ3n) is 5.80. The van der Waals surface area contributed by atoms with Crippen LogP contribution >= 0.6 is 0 Å². The van der Waals surface area contributed by atoms with Crippen LogP contribution in [0.2, 0.25) is 0 Å². The van der Waals surface area contributed by atoms with Gasteiger partial charge in [0.05, 0.1) is 19.0 Å². The highest BCUT2D eigenvalue weighted by molar-refractivity contribution is 5.83. The van der Waals surface area contributed by atoms with Gasteiger partial charge in [0.2, 0.25) is 0 Å². The predicted molar refractivity (Wildman–Crippen MR) is 78.4 cm³/mol. The maximum absolute atomic E-state index is 12.5. The van der Waals surface area contributed by atoms with Crippen molar-refractivity contribution in [2.24, 2.45) is 5.92 Å². The van der Waals surface area contributed by atoms with E-state index in [4.69, 9.17) is 9.47 Å². The summed E-state index contributed by atoms with van der Waals surface area (Å²) in [6.07, 6.45) is 2.45. The molecule has 0 amide bonds. The lowest BCUT2D eigenvalue weighted by molar-refractivity contribution is -0.896. The Hall–Kier alpha value is -1.44. The van der Waals surface area contributed by atoms with Gasteiger partial charge in [0.25, 0.3) is 0 Å². The molecule has 3 N–H and O–H groups in total. The molecule has 6 atom stereocenters. The van der Waals surface area contributed by atoms with Gasteiger partial charge in [0.1, 0.15) is 12.2 Å². The van der Waals surface area contributed by atoms with Crippen LogP contribution in [0.4, 0.5) is 0 Å². The van der Waals surface area contributed by atoms with Gasteiger partial charge in [-0.1, -0.05) is 0 Å². The van der Waals surface area contributed by atoms with E-state index in [2.05, 4.69) is 0 Å². The summed E-state index contributed by atoms with van der Waals surface area (Å²) in [7, 11) is 0. The number of rotatable bonds is 0. The number of cyclic esters (lactones) is 1. The van der Waals surface area contributed by atoms with Crippen molar-refractivity contribution in [3.63, 3.8) is 0 Å². The SMILES string of the molecule is C[C@@H]1C(=O)O[C@H]2CC[NH+]3CC=C(COC(=O)[C@@](C)(O)[C@@]1(C)O)[C@@H]23. The monoisotopic (exact) mass is 326 g/mol. The van der Waals surface area contributed by atoms with E-state index < -0.39 is 29.1 Å². The zero-order valence-corrected chi connectivity index (χ0v) is 13.7. The minimum atomic E-state index is -2.21. The molecular weight excluding hydrogens is 302 g/mol. The van der Waals surface area contributed by atoms with Gasteiger partial charge in [-0.15, -0.1) is 0 Å². The third kappa shape index (κ3) is 2.38. The number of carbonyl (C=O) groups is 2. The number of esters is 2. The minimum absolute atomic E-state index is 0.00746. The molecular formula is C16H24NO6+. The van der Waals surface area contributed by atoms with E-state index in [1.54, 1.807) is 0 Å². The Kier molecular flexibility index (Phi) is 3.78. The minimum Gasteiger partial charge on any atom is -0.459 e. The summed E-state index contributed by atoms with van der Waals surface area (Å²) in [5, 5.41) is 21.1. The second kappa shape index (κ2) is 5.29. The molecule has 0 bridgehead atoms. The molecule has 1 unspecified atom stereocenters. The fraction of sp³-hybridized carbons (Fsp3) is 0.750. The summed E-state index contributed by atoms with van der Waals surface area (Å²) in [6.45, 7) is 5.62. The highest BCUT2D eigenvalue weighted by Crippen LogP contribution is 2.33. The summed E-state index contributed by atoms with van der Waals surface area (Å²) in [6, 6.07) is -0.00746. The predicted octanol–water partition coefficient (Wildman–Crippen LogP) is -1.81. The van der Waals surface area contributed by atoms with Crippen molar-refractivity contribution in [2.75, 3.05) is 19.7 Å². The quantitative estimate of drug-likeness (QED) is 0.359. The van der Waals surface area contributed by atoms with E-state index in [0.717, 1.165) is 25.1 Å². The van der Waals surface area contributed by atoms with Gasteiger partial charge < -0.3 is 24.6 Å². The molecule has 0 saturated carbocycles. The van der Waals surface area contributed by atoms with Crippen LogP contribution in [0, 0.1) is 5.92 Å². The number of hydrogen-bond acceptors (Lipinski definition) is 6. The first-order chi connectivity index (χ1) is 10.7. The summed E-state index contributed by atoms with van der Waals surface area (Å²) >= 11 is 0. The van der Waals surface area contributed by atoms with Crippen LogP contribution in [0.3, 0.4) is 0 Å². The van der Waals surface area contributed by atoms with Crippen molar-refractivity contribution in [3.05, 3.63) is 11.6 Å². The first kappa shape index (κ1) is 16.4. The molecule has 3 rings (SSSR count). The zero-order chi connectivity index (χ0) is 17.0. The summed E-state index contributed by atoms with van der Waals surface area (Å²) in [5.41, 5.74) is -3.30. The molecule has 7 heteroatoms. The Morgan fingerprint density at radius 2 is 2.00 bits per heavy atom. The molecule has 0 aromatic heterocycles. The number of ether oxygens (including phenoxy) is 2. The van der Waals surface area contributed by atoms with Gasteiger partial charge in [-0.3, -0.25) is 4.79 Å². The van der Waals surface area contributed by atoms with Gasteiger partial charge in [0, 0.05) is 12.0 Å². The number of nitrogens with one attached hydrogen (secondary N) is 1. The Labute approximate surface area is 134 Å². The van der Waals surface area contributed by atoms with Crippen molar-refractivity contribution in [3.8, 4) is 0 Å². The largest absolute Gasteiger partial charge is 0.459 e. The van der Waals surface area contributed by atoms with Crippen LogP contribution in [-0.4, -0.2) is 65.2 Å². The van der Waals surface area contributed by atoms with Crippen LogP contribution in [0.5, 0.6) is 0 Å². The van der Waals surface area contributed by atoms with Crippen molar-refractivity contribution >= 4 is 11.9 Å². The molecule has 23 heavy (non-hydrogen) atoms. The highest BCUT2D eigenvalue weighted by Gasteiger charge is 2.57. The van der Waals surface area contributed by atoms with Crippen LogP contribution in [0.25, 0.3) is 0 Å². The lowest BCUT2D eigenvalue weighted by Crippen LogP contribution is -3.12. The lowest BCUT2D eigenvalue weighted by Gasteiger charge is -2.39. The fourth-order valence-corrected chi connectivity index (χ4v) is 3.71. The molecule has 2 saturated heterocycles. The molecule has 2 fully saturated rings. The van der Waals surface area contributed by atoms with Crippen molar-refractivity contribution in [2.45, 2.75) is 50.5 Å². The molecule has 0 spiro atoms. The molecule has 7 nitrogen and oxygen atoms in total. The maximum atomic E-state index is 12.5. The Morgan fingerprint density at radius 3 is 2.70 bits per heavy atom. The summed E-state index contributed by atoms with van der Waals surface area (Å²) in [5.74, 6) is -2.61. The summed E-state index contributed by atoms with van der Waals surface area (Å²) < 4.78 is 10.9. The van der Waals surface area contributed by atoms with Crippen molar-refractivity contribution in [1.29, 1.82) is 0 Å². The number of quaternary nitrogens is 1. The number of carbonyl (C=O) groups excluding carboxylic acids is 2. The average Bonchev–Trinajstić information content (AvgIpc) is 3.06. The van der Waals surface area contributed by atoms with Crippen LogP contribution < -0.4 is 4.90 Å². The molecule has 0 radical (unpaired) electrons. The first-order valence-electron chi connectivity index (χ1n) is 8.02. The highest BCUT2D eigenvalue weighted by atomic mass is 16.6. The number of hydrogen-bond donors (Lipinski definition) is 3. The van der Waals surface area contributed by atoms with Gasteiger partial charge in [-0.25, -0.2) is 4.79 Å². The van der Waals surface area contributed by atoms with Crippen molar-refractivity contribution < 1.29 is 34.2 Å². The van der Waals surface area contributed by atoms with Crippen LogP contribution in [0.15, 0.2) is 11.6 Å². The normalized spacial score (nSPS) is 47.3. The van der Waals surface area contributed by atoms with E-state index in [1.807, 2.05) is 6.08 Å². The lowest BCUT2D eigenvalue weighted by atomic mass is 9.76. The topological polar surface area (TPSA) is 97.5 Å². The van der Waals surface area contributed by atoms with Gasteiger partial charge in [-0.2, -0.15) is 0 Å². The molecule has 128 valence electrons. The molecule has 0 aromatic rings. The number of aliphatic hydroxyl groups is 2. The molecule has 0 aliphatic carbocycles. The van der Waals surface area contributed by atoms with Crippen LogP contribution in [0.1, 0.15) is 27.2 Å². The smallest absolute Gasteiger partial charge is 0.341 e. The van der Waals surface area contributed by atoms with E-state index >= 15 is 0 Å². The fourth-order valence-electron chi connectivity index (χ4n) is 3.71. The molecule has 3 aliphatic rings. The van der Waals surface area contributed by atoms with Gasteiger partial charge in [-0.05, 0) is 26.8 Å². The third-order valence-corrected chi connectivity index (χ3v) is 5.80. The van der Waals surface area contributed by atoms with E-state index in [1.165, 1.54) is 25.7 Å². The standard InChI is InChI=1S/C16H23NO6/c1-9-13(18)23-11-5-7-17-6-4-10(12(11)17)8-22-14(19)16(3,21)15(9,2)20/h4,9,11-12,20-21H,5-8H2,1-3H3/p+1/t9-,11+,12+,15+,16-/m1/s1. The second-order valence-electron chi connectivity index (χ2n) is 7.15. The molecule has 0 aromatic carbocycles. The molecule has 3 heterocycles. The zero-order valence-electron chi connectivity index (χ0n) is 13.7. The van der Waals surface area contributed by atoms with E-state index in [-0.39, 0.29) is 18.8 Å². The maximum Gasteiger partial charge on any atom is 0.341 e. The van der Waals surface area contributed by atoms with E-state index in [9.17, 15) is 19.8 Å². The Balaban J connectivity index is 1.97.